The van der Waals surface area contributed by atoms with Gasteiger partial charge in [0, 0.05) is 42.7 Å². The molecule has 0 saturated heterocycles. The summed E-state index contributed by atoms with van der Waals surface area (Å²) in [5.74, 6) is 0. The van der Waals surface area contributed by atoms with E-state index >= 15 is 0 Å². The average Bonchev–Trinajstić information content (AvgIpc) is 3.12. The fourth-order valence-electron chi connectivity index (χ4n) is 3.68. The number of nitrogens with zero attached hydrogens (tertiary/aromatic N) is 2. The Hall–Kier alpha value is -2.13. The Morgan fingerprint density at radius 3 is 1.45 bits per heavy atom. The summed E-state index contributed by atoms with van der Waals surface area (Å²) in [4.78, 5) is 9.73. The number of allylic oxidation sites excluding steroid dienone is 10. The van der Waals surface area contributed by atoms with E-state index in [4.69, 9.17) is 9.98 Å². The zero-order chi connectivity index (χ0) is 20.7. The number of rotatable bonds is 0. The molecular formula is C26H36N4Ni. The van der Waals surface area contributed by atoms with Crippen molar-refractivity contribution in [3.05, 3.63) is 72.2 Å². The van der Waals surface area contributed by atoms with Crippen molar-refractivity contribution >= 4 is 11.4 Å². The standard InChI is InChI=1S/C26H36N4.Ni/c1-2-12-20-28-25-17-9-6-10-18-26(25)30-22-14-4-3-13-21-29-24-16-8-5-7-15-23(24)27-19-11-1;/h5-10,15-18,27,30H,1-4,11-14,19-22H2;. The zero-order valence-corrected chi connectivity index (χ0v) is 19.5. The van der Waals surface area contributed by atoms with Gasteiger partial charge in [-0.3, -0.25) is 9.98 Å². The van der Waals surface area contributed by atoms with Crippen LogP contribution >= 0.6 is 0 Å². The molecule has 0 bridgehead atoms. The largest absolute Gasteiger partial charge is 0.383 e. The molecule has 1 heterocycles. The zero-order valence-electron chi connectivity index (χ0n) is 18.5. The first kappa shape index (κ1) is 25.1. The van der Waals surface area contributed by atoms with E-state index in [9.17, 15) is 0 Å². The van der Waals surface area contributed by atoms with E-state index in [1.807, 2.05) is 0 Å². The van der Waals surface area contributed by atoms with Gasteiger partial charge in [0.15, 0.2) is 0 Å². The molecular weight excluding hydrogens is 427 g/mol. The summed E-state index contributed by atoms with van der Waals surface area (Å²) in [5.41, 5.74) is 4.47. The molecule has 0 saturated carbocycles. The molecule has 0 unspecified atom stereocenters. The van der Waals surface area contributed by atoms with Gasteiger partial charge in [0.25, 0.3) is 0 Å². The SMILES string of the molecule is C1=CC=C2NCCCCCCN=C3C=CC=CC=C3NCCCCCCN=C2C=C1.[Ni]. The first-order valence-corrected chi connectivity index (χ1v) is 11.6. The van der Waals surface area contributed by atoms with Crippen LogP contribution in [0.5, 0.6) is 0 Å². The van der Waals surface area contributed by atoms with Gasteiger partial charge in [0.1, 0.15) is 0 Å². The monoisotopic (exact) mass is 462 g/mol. The molecule has 0 amide bonds. The van der Waals surface area contributed by atoms with Gasteiger partial charge in [-0.25, -0.2) is 0 Å². The maximum absolute atomic E-state index is 4.86. The minimum Gasteiger partial charge on any atom is -0.383 e. The van der Waals surface area contributed by atoms with E-state index in [1.165, 1.54) is 38.5 Å². The summed E-state index contributed by atoms with van der Waals surface area (Å²) in [6.45, 7) is 3.77. The molecule has 0 atom stereocenters. The summed E-state index contributed by atoms with van der Waals surface area (Å²) in [7, 11) is 0. The van der Waals surface area contributed by atoms with Crippen LogP contribution in [0.2, 0.25) is 0 Å². The molecule has 170 valence electrons. The molecule has 31 heavy (non-hydrogen) atoms. The Kier molecular flexibility index (Phi) is 12.7. The van der Waals surface area contributed by atoms with E-state index in [2.05, 4.69) is 71.4 Å². The van der Waals surface area contributed by atoms with Crippen molar-refractivity contribution in [2.24, 2.45) is 9.98 Å². The number of hydrogen-bond acceptors (Lipinski definition) is 4. The minimum absolute atomic E-state index is 0. The van der Waals surface area contributed by atoms with Crippen LogP contribution in [0.25, 0.3) is 0 Å². The van der Waals surface area contributed by atoms with Crippen molar-refractivity contribution in [2.45, 2.75) is 51.4 Å². The second kappa shape index (κ2) is 15.6. The Bertz CT molecular complexity index is 715. The van der Waals surface area contributed by atoms with Gasteiger partial charge in [-0.15, -0.1) is 0 Å². The average molecular weight is 463 g/mol. The van der Waals surface area contributed by atoms with Crippen LogP contribution in [0.3, 0.4) is 0 Å². The van der Waals surface area contributed by atoms with E-state index in [0.29, 0.717) is 0 Å². The molecule has 2 N–H and O–H groups in total. The van der Waals surface area contributed by atoms with Crippen LogP contribution in [-0.4, -0.2) is 37.6 Å². The summed E-state index contributed by atoms with van der Waals surface area (Å²) in [6, 6.07) is 0. The molecule has 4 nitrogen and oxygen atoms in total. The van der Waals surface area contributed by atoms with Crippen LogP contribution < -0.4 is 10.6 Å². The van der Waals surface area contributed by atoms with E-state index < -0.39 is 0 Å². The molecule has 0 aromatic carbocycles. The fourth-order valence-corrected chi connectivity index (χ4v) is 3.68. The molecule has 5 heteroatoms. The van der Waals surface area contributed by atoms with Crippen molar-refractivity contribution in [1.82, 2.24) is 10.6 Å². The molecule has 0 fully saturated rings. The number of hydrogen-bond donors (Lipinski definition) is 2. The summed E-state index contributed by atoms with van der Waals surface area (Å²) < 4.78 is 0. The fraction of sp³-hybridized carbons (Fsp3) is 0.462. The topological polar surface area (TPSA) is 48.8 Å². The van der Waals surface area contributed by atoms with Crippen molar-refractivity contribution in [3.63, 3.8) is 0 Å². The van der Waals surface area contributed by atoms with Gasteiger partial charge in [-0.05, 0) is 50.0 Å². The van der Waals surface area contributed by atoms with Gasteiger partial charge >= 0.3 is 0 Å². The Labute approximate surface area is 198 Å². The predicted octanol–water partition coefficient (Wildman–Crippen LogP) is 5.20. The molecule has 0 aromatic heterocycles. The Morgan fingerprint density at radius 1 is 0.516 bits per heavy atom. The van der Waals surface area contributed by atoms with Gasteiger partial charge < -0.3 is 10.6 Å². The summed E-state index contributed by atoms with van der Waals surface area (Å²) >= 11 is 0. The van der Waals surface area contributed by atoms with Crippen LogP contribution in [0, 0.1) is 0 Å². The van der Waals surface area contributed by atoms with Crippen molar-refractivity contribution < 1.29 is 16.5 Å². The molecule has 3 rings (SSSR count). The quantitative estimate of drug-likeness (QED) is 0.486. The third-order valence-corrected chi connectivity index (χ3v) is 5.40. The van der Waals surface area contributed by atoms with E-state index in [0.717, 1.165) is 61.8 Å². The normalized spacial score (nSPS) is 21.2. The maximum atomic E-state index is 4.86. The predicted molar refractivity (Wildman–Crippen MR) is 130 cm³/mol. The van der Waals surface area contributed by atoms with Crippen LogP contribution in [-0.2, 0) is 16.5 Å². The molecule has 1 aliphatic heterocycles. The van der Waals surface area contributed by atoms with Crippen molar-refractivity contribution in [2.75, 3.05) is 26.2 Å². The van der Waals surface area contributed by atoms with Crippen LogP contribution in [0.15, 0.2) is 82.1 Å². The molecule has 3 aliphatic rings. The second-order valence-electron chi connectivity index (χ2n) is 7.86. The number of fused-ring (bicyclic) bond motifs is 2. The van der Waals surface area contributed by atoms with E-state index in [-0.39, 0.29) is 16.5 Å². The maximum Gasteiger partial charge on any atom is 0.0805 e. The van der Waals surface area contributed by atoms with Crippen LogP contribution in [0.1, 0.15) is 51.4 Å². The van der Waals surface area contributed by atoms with Gasteiger partial charge in [0.05, 0.1) is 22.8 Å². The van der Waals surface area contributed by atoms with Gasteiger partial charge in [-0.1, -0.05) is 62.1 Å². The van der Waals surface area contributed by atoms with Crippen LogP contribution in [0.4, 0.5) is 0 Å². The number of aliphatic imine (C=N–C) groups is 2. The molecule has 0 aromatic rings. The van der Waals surface area contributed by atoms with Crippen molar-refractivity contribution in [1.29, 1.82) is 0 Å². The van der Waals surface area contributed by atoms with Gasteiger partial charge in [0.2, 0.25) is 0 Å². The third kappa shape index (κ3) is 9.69. The third-order valence-electron chi connectivity index (χ3n) is 5.40. The van der Waals surface area contributed by atoms with E-state index in [1.54, 1.807) is 0 Å². The number of nitrogens with one attached hydrogen (secondary N) is 2. The second-order valence-corrected chi connectivity index (χ2v) is 7.86. The Morgan fingerprint density at radius 2 is 0.968 bits per heavy atom. The Balaban J connectivity index is 0.00000341. The van der Waals surface area contributed by atoms with Gasteiger partial charge in [-0.2, -0.15) is 0 Å². The molecule has 0 spiro atoms. The first-order chi connectivity index (χ1) is 14.9. The van der Waals surface area contributed by atoms with Crippen molar-refractivity contribution in [3.8, 4) is 0 Å². The first-order valence-electron chi connectivity index (χ1n) is 11.6. The summed E-state index contributed by atoms with van der Waals surface area (Å²) in [5, 5.41) is 7.19. The molecule has 0 radical (unpaired) electrons. The summed E-state index contributed by atoms with van der Waals surface area (Å²) in [6.07, 6.45) is 30.5. The molecule has 2 aliphatic carbocycles. The minimum atomic E-state index is 0. The smallest absolute Gasteiger partial charge is 0.0805 e.